The van der Waals surface area contributed by atoms with Crippen molar-refractivity contribution >= 4 is 0 Å². The molecular weight excluding hydrogens is 248 g/mol. The molecule has 0 radical (unpaired) electrons. The van der Waals surface area contributed by atoms with Crippen molar-refractivity contribution in [2.45, 2.75) is 71.8 Å². The third-order valence-corrected chi connectivity index (χ3v) is 4.02. The molecule has 3 heteroatoms. The Kier molecular flexibility index (Phi) is 15.2. The van der Waals surface area contributed by atoms with E-state index in [1.807, 2.05) is 0 Å². The molecule has 0 atom stereocenters. The second-order valence-corrected chi connectivity index (χ2v) is 5.66. The Labute approximate surface area is 127 Å². The molecule has 1 N–H and O–H groups in total. The van der Waals surface area contributed by atoms with Gasteiger partial charge in [-0.25, -0.2) is 0 Å². The van der Waals surface area contributed by atoms with Crippen molar-refractivity contribution in [2.75, 3.05) is 39.9 Å². The van der Waals surface area contributed by atoms with Gasteiger partial charge < -0.3 is 10.1 Å². The van der Waals surface area contributed by atoms with Crippen LogP contribution in [-0.2, 0) is 4.74 Å². The Hall–Kier alpha value is -0.120. The number of ether oxygens (including phenoxy) is 1. The number of methoxy groups -OCH3 is 1. The van der Waals surface area contributed by atoms with Gasteiger partial charge in [0.1, 0.15) is 0 Å². The SMILES string of the molecule is CCCNCCCCCCN(CCOC)C(CC)CC. The minimum Gasteiger partial charge on any atom is -0.383 e. The maximum absolute atomic E-state index is 5.24. The summed E-state index contributed by atoms with van der Waals surface area (Å²) in [6.45, 7) is 12.4. The van der Waals surface area contributed by atoms with Gasteiger partial charge in [0.25, 0.3) is 0 Å². The summed E-state index contributed by atoms with van der Waals surface area (Å²) >= 11 is 0. The first-order chi connectivity index (χ1) is 9.79. The molecule has 3 nitrogen and oxygen atoms in total. The molecule has 0 bridgehead atoms. The molecule has 0 aromatic carbocycles. The zero-order chi connectivity index (χ0) is 15.1. The predicted octanol–water partition coefficient (Wildman–Crippen LogP) is 3.68. The summed E-state index contributed by atoms with van der Waals surface area (Å²) in [5.41, 5.74) is 0. The van der Waals surface area contributed by atoms with Gasteiger partial charge in [-0.1, -0.05) is 33.6 Å². The van der Waals surface area contributed by atoms with Crippen LogP contribution < -0.4 is 5.32 Å². The molecule has 0 amide bonds. The second kappa shape index (κ2) is 15.3. The van der Waals surface area contributed by atoms with Crippen LogP contribution in [0.3, 0.4) is 0 Å². The summed E-state index contributed by atoms with van der Waals surface area (Å²) < 4.78 is 5.24. The second-order valence-electron chi connectivity index (χ2n) is 5.66. The van der Waals surface area contributed by atoms with Crippen molar-refractivity contribution in [3.63, 3.8) is 0 Å². The summed E-state index contributed by atoms with van der Waals surface area (Å²) in [5, 5.41) is 3.47. The fraction of sp³-hybridized carbons (Fsp3) is 1.00. The Morgan fingerprint density at radius 2 is 1.60 bits per heavy atom. The lowest BCUT2D eigenvalue weighted by molar-refractivity contribution is 0.113. The van der Waals surface area contributed by atoms with Crippen molar-refractivity contribution in [3.8, 4) is 0 Å². The van der Waals surface area contributed by atoms with Gasteiger partial charge >= 0.3 is 0 Å². The topological polar surface area (TPSA) is 24.5 Å². The Bertz CT molecular complexity index is 184. The highest BCUT2D eigenvalue weighted by Crippen LogP contribution is 2.10. The lowest BCUT2D eigenvalue weighted by Gasteiger charge is -2.30. The van der Waals surface area contributed by atoms with Crippen LogP contribution in [0.15, 0.2) is 0 Å². The van der Waals surface area contributed by atoms with Crippen LogP contribution in [0.1, 0.15) is 65.7 Å². The van der Waals surface area contributed by atoms with E-state index >= 15 is 0 Å². The molecule has 0 rings (SSSR count). The molecule has 0 aliphatic carbocycles. The maximum Gasteiger partial charge on any atom is 0.0589 e. The number of unbranched alkanes of at least 4 members (excludes halogenated alkanes) is 3. The van der Waals surface area contributed by atoms with E-state index in [9.17, 15) is 0 Å². The molecule has 0 fully saturated rings. The lowest BCUT2D eigenvalue weighted by Crippen LogP contribution is -2.37. The predicted molar refractivity (Wildman–Crippen MR) is 89.4 cm³/mol. The quantitative estimate of drug-likeness (QED) is 0.465. The van der Waals surface area contributed by atoms with Crippen LogP contribution in [0, 0.1) is 0 Å². The number of hydrogen-bond acceptors (Lipinski definition) is 3. The zero-order valence-corrected chi connectivity index (χ0v) is 14.4. The number of nitrogens with one attached hydrogen (secondary N) is 1. The number of hydrogen-bond donors (Lipinski definition) is 1. The molecule has 0 aliphatic heterocycles. The van der Waals surface area contributed by atoms with Gasteiger partial charge in [-0.15, -0.1) is 0 Å². The van der Waals surface area contributed by atoms with E-state index in [1.165, 1.54) is 64.6 Å². The van der Waals surface area contributed by atoms with Crippen LogP contribution in [0.25, 0.3) is 0 Å². The van der Waals surface area contributed by atoms with Crippen molar-refractivity contribution in [2.24, 2.45) is 0 Å². The molecule has 122 valence electrons. The summed E-state index contributed by atoms with van der Waals surface area (Å²) in [7, 11) is 1.80. The van der Waals surface area contributed by atoms with E-state index in [0.29, 0.717) is 0 Å². The Morgan fingerprint density at radius 3 is 2.20 bits per heavy atom. The standard InChI is InChI=1S/C17H38N2O/c1-5-12-18-13-10-8-9-11-14-19(15-16-20-4)17(6-2)7-3/h17-18H,5-16H2,1-4H3. The van der Waals surface area contributed by atoms with Crippen molar-refractivity contribution < 1.29 is 4.74 Å². The summed E-state index contributed by atoms with van der Waals surface area (Å²) in [5.74, 6) is 0. The monoisotopic (exact) mass is 286 g/mol. The maximum atomic E-state index is 5.24. The highest BCUT2D eigenvalue weighted by molar-refractivity contribution is 4.69. The fourth-order valence-electron chi connectivity index (χ4n) is 2.71. The molecule has 0 heterocycles. The largest absolute Gasteiger partial charge is 0.383 e. The lowest BCUT2D eigenvalue weighted by atomic mass is 10.1. The smallest absolute Gasteiger partial charge is 0.0589 e. The number of rotatable bonds is 15. The third kappa shape index (κ3) is 10.6. The van der Waals surface area contributed by atoms with E-state index in [0.717, 1.165) is 19.2 Å². The Balaban J connectivity index is 3.67. The van der Waals surface area contributed by atoms with E-state index in [2.05, 4.69) is 31.0 Å². The van der Waals surface area contributed by atoms with E-state index < -0.39 is 0 Å². The van der Waals surface area contributed by atoms with Crippen molar-refractivity contribution in [3.05, 3.63) is 0 Å². The highest BCUT2D eigenvalue weighted by Gasteiger charge is 2.13. The molecule has 0 aromatic heterocycles. The zero-order valence-electron chi connectivity index (χ0n) is 14.4. The first-order valence-corrected chi connectivity index (χ1v) is 8.73. The van der Waals surface area contributed by atoms with E-state index in [1.54, 1.807) is 7.11 Å². The van der Waals surface area contributed by atoms with Crippen LogP contribution in [0.4, 0.5) is 0 Å². The van der Waals surface area contributed by atoms with Gasteiger partial charge in [0, 0.05) is 19.7 Å². The van der Waals surface area contributed by atoms with Crippen LogP contribution in [0.5, 0.6) is 0 Å². The normalized spacial score (nSPS) is 11.7. The van der Waals surface area contributed by atoms with Crippen molar-refractivity contribution in [1.82, 2.24) is 10.2 Å². The van der Waals surface area contributed by atoms with Crippen LogP contribution in [-0.4, -0.2) is 50.8 Å². The van der Waals surface area contributed by atoms with E-state index in [4.69, 9.17) is 4.74 Å². The van der Waals surface area contributed by atoms with Crippen molar-refractivity contribution in [1.29, 1.82) is 0 Å². The Morgan fingerprint density at radius 1 is 0.900 bits per heavy atom. The first-order valence-electron chi connectivity index (χ1n) is 8.73. The van der Waals surface area contributed by atoms with Gasteiger partial charge in [-0.05, 0) is 51.7 Å². The molecular formula is C17H38N2O. The molecule has 20 heavy (non-hydrogen) atoms. The van der Waals surface area contributed by atoms with Gasteiger partial charge in [0.05, 0.1) is 6.61 Å². The van der Waals surface area contributed by atoms with Crippen LogP contribution >= 0.6 is 0 Å². The molecule has 0 aromatic rings. The van der Waals surface area contributed by atoms with Gasteiger partial charge in [0.2, 0.25) is 0 Å². The molecule has 0 saturated carbocycles. The molecule has 0 unspecified atom stereocenters. The minimum atomic E-state index is 0.733. The van der Waals surface area contributed by atoms with E-state index in [-0.39, 0.29) is 0 Å². The first kappa shape index (κ1) is 19.9. The highest BCUT2D eigenvalue weighted by atomic mass is 16.5. The van der Waals surface area contributed by atoms with Crippen LogP contribution in [0.2, 0.25) is 0 Å². The average Bonchev–Trinajstić information content (AvgIpc) is 2.47. The van der Waals surface area contributed by atoms with Gasteiger partial charge in [-0.3, -0.25) is 4.90 Å². The molecule has 0 aliphatic rings. The third-order valence-electron chi connectivity index (χ3n) is 4.02. The molecule has 0 saturated heterocycles. The summed E-state index contributed by atoms with van der Waals surface area (Å²) in [6.07, 6.45) is 9.11. The summed E-state index contributed by atoms with van der Waals surface area (Å²) in [6, 6.07) is 0.733. The fourth-order valence-corrected chi connectivity index (χ4v) is 2.71. The minimum absolute atomic E-state index is 0.733. The average molecular weight is 287 g/mol. The molecule has 0 spiro atoms. The summed E-state index contributed by atoms with van der Waals surface area (Å²) in [4.78, 5) is 2.62. The van der Waals surface area contributed by atoms with Gasteiger partial charge in [0.15, 0.2) is 0 Å². The van der Waals surface area contributed by atoms with Gasteiger partial charge in [-0.2, -0.15) is 0 Å². The number of nitrogens with zero attached hydrogens (tertiary/aromatic N) is 1.